The lowest BCUT2D eigenvalue weighted by molar-refractivity contribution is 0.282. The zero-order valence-electron chi connectivity index (χ0n) is 13.9. The second-order valence-electron chi connectivity index (χ2n) is 5.65. The molecule has 3 aromatic rings. The van der Waals surface area contributed by atoms with Gasteiger partial charge in [-0.15, -0.1) is 10.2 Å². The molecule has 7 heteroatoms. The highest BCUT2D eigenvalue weighted by Crippen LogP contribution is 2.20. The van der Waals surface area contributed by atoms with Gasteiger partial charge in [0.25, 0.3) is 0 Å². The van der Waals surface area contributed by atoms with E-state index in [4.69, 9.17) is 9.15 Å². The molecule has 0 atom stereocenters. The van der Waals surface area contributed by atoms with E-state index in [2.05, 4.69) is 10.2 Å². The standard InChI is InChI=1S/C18H17F2N3O2/c1-23(10-12-3-8-16(24-2)15(20)9-12)11-17-21-22-18(25-17)13-4-6-14(19)7-5-13/h3-9H,10-11H2,1-2H3. The average Bonchev–Trinajstić information content (AvgIpc) is 3.04. The molecule has 0 amide bonds. The SMILES string of the molecule is COc1ccc(CN(C)Cc2nnc(-c3ccc(F)cc3)o2)cc1F. The first-order valence-corrected chi connectivity index (χ1v) is 7.64. The highest BCUT2D eigenvalue weighted by Gasteiger charge is 2.12. The topological polar surface area (TPSA) is 51.4 Å². The Balaban J connectivity index is 1.64. The Kier molecular flexibility index (Phi) is 5.04. The molecule has 0 saturated carbocycles. The Morgan fingerprint density at radius 1 is 1.04 bits per heavy atom. The lowest BCUT2D eigenvalue weighted by atomic mass is 10.2. The summed E-state index contributed by atoms with van der Waals surface area (Å²) in [6, 6.07) is 10.7. The van der Waals surface area contributed by atoms with Crippen LogP contribution < -0.4 is 4.74 Å². The number of rotatable bonds is 6. The van der Waals surface area contributed by atoms with E-state index in [-0.39, 0.29) is 11.6 Å². The number of hydrogen-bond acceptors (Lipinski definition) is 5. The summed E-state index contributed by atoms with van der Waals surface area (Å²) in [5, 5.41) is 7.97. The van der Waals surface area contributed by atoms with E-state index >= 15 is 0 Å². The Labute approximate surface area is 143 Å². The van der Waals surface area contributed by atoms with Gasteiger partial charge in [0.2, 0.25) is 11.8 Å². The Morgan fingerprint density at radius 2 is 1.80 bits per heavy atom. The summed E-state index contributed by atoms with van der Waals surface area (Å²) >= 11 is 0. The molecule has 5 nitrogen and oxygen atoms in total. The summed E-state index contributed by atoms with van der Waals surface area (Å²) in [6.45, 7) is 0.914. The van der Waals surface area contributed by atoms with Crippen LogP contribution in [0.2, 0.25) is 0 Å². The van der Waals surface area contributed by atoms with E-state index in [1.54, 1.807) is 24.3 Å². The minimum absolute atomic E-state index is 0.215. The van der Waals surface area contributed by atoms with Crippen molar-refractivity contribution in [3.63, 3.8) is 0 Å². The first-order valence-electron chi connectivity index (χ1n) is 7.64. The number of hydrogen-bond donors (Lipinski definition) is 0. The third-order valence-corrected chi connectivity index (χ3v) is 3.63. The van der Waals surface area contributed by atoms with Crippen LogP contribution >= 0.6 is 0 Å². The fourth-order valence-corrected chi connectivity index (χ4v) is 2.43. The summed E-state index contributed by atoms with van der Waals surface area (Å²) in [7, 11) is 3.29. The van der Waals surface area contributed by atoms with Gasteiger partial charge in [0.1, 0.15) is 5.82 Å². The van der Waals surface area contributed by atoms with Crippen molar-refractivity contribution < 1.29 is 17.9 Å². The molecule has 0 saturated heterocycles. The Hall–Kier alpha value is -2.80. The molecule has 0 unspecified atom stereocenters. The van der Waals surface area contributed by atoms with E-state index in [9.17, 15) is 8.78 Å². The van der Waals surface area contributed by atoms with Crippen molar-refractivity contribution in [2.24, 2.45) is 0 Å². The van der Waals surface area contributed by atoms with Gasteiger partial charge in [0.05, 0.1) is 13.7 Å². The fourth-order valence-electron chi connectivity index (χ4n) is 2.43. The number of methoxy groups -OCH3 is 1. The molecule has 0 aliphatic rings. The van der Waals surface area contributed by atoms with Crippen LogP contribution in [0.15, 0.2) is 46.9 Å². The second-order valence-corrected chi connectivity index (χ2v) is 5.65. The molecular weight excluding hydrogens is 328 g/mol. The van der Waals surface area contributed by atoms with Crippen molar-refractivity contribution in [1.82, 2.24) is 15.1 Å². The summed E-state index contributed by atoms with van der Waals surface area (Å²) in [5.41, 5.74) is 1.46. The van der Waals surface area contributed by atoms with Crippen molar-refractivity contribution in [3.05, 3.63) is 65.6 Å². The van der Waals surface area contributed by atoms with Crippen LogP contribution in [0.3, 0.4) is 0 Å². The van der Waals surface area contributed by atoms with Gasteiger partial charge in [-0.1, -0.05) is 6.07 Å². The molecule has 0 aliphatic carbocycles. The first kappa shape index (κ1) is 17.0. The molecule has 0 bridgehead atoms. The predicted octanol–water partition coefficient (Wildman–Crippen LogP) is 3.66. The highest BCUT2D eigenvalue weighted by atomic mass is 19.1. The lowest BCUT2D eigenvalue weighted by Crippen LogP contribution is -2.17. The van der Waals surface area contributed by atoms with Gasteiger partial charge in [0.15, 0.2) is 11.6 Å². The molecule has 25 heavy (non-hydrogen) atoms. The van der Waals surface area contributed by atoms with Gasteiger partial charge in [-0.25, -0.2) is 8.78 Å². The number of benzene rings is 2. The monoisotopic (exact) mass is 345 g/mol. The van der Waals surface area contributed by atoms with E-state index in [1.807, 2.05) is 11.9 Å². The van der Waals surface area contributed by atoms with Crippen LogP contribution in [0, 0.1) is 11.6 Å². The van der Waals surface area contributed by atoms with Gasteiger partial charge >= 0.3 is 0 Å². The molecule has 0 N–H and O–H groups in total. The Morgan fingerprint density at radius 3 is 2.48 bits per heavy atom. The Bertz CT molecular complexity index is 850. The third-order valence-electron chi connectivity index (χ3n) is 3.63. The van der Waals surface area contributed by atoms with Crippen molar-refractivity contribution in [3.8, 4) is 17.2 Å². The maximum Gasteiger partial charge on any atom is 0.247 e. The highest BCUT2D eigenvalue weighted by molar-refractivity contribution is 5.51. The quantitative estimate of drug-likeness (QED) is 0.682. The lowest BCUT2D eigenvalue weighted by Gasteiger charge is -2.14. The fraction of sp³-hybridized carbons (Fsp3) is 0.222. The summed E-state index contributed by atoms with van der Waals surface area (Å²) in [4.78, 5) is 1.92. The van der Waals surface area contributed by atoms with Gasteiger partial charge in [0, 0.05) is 12.1 Å². The van der Waals surface area contributed by atoms with Crippen LogP contribution in [-0.2, 0) is 13.1 Å². The van der Waals surface area contributed by atoms with Gasteiger partial charge in [-0.05, 0) is 49.0 Å². The zero-order valence-corrected chi connectivity index (χ0v) is 13.9. The summed E-state index contributed by atoms with van der Waals surface area (Å²) < 4.78 is 37.2. The zero-order chi connectivity index (χ0) is 17.8. The largest absolute Gasteiger partial charge is 0.494 e. The van der Waals surface area contributed by atoms with E-state index in [0.717, 1.165) is 5.56 Å². The smallest absolute Gasteiger partial charge is 0.247 e. The van der Waals surface area contributed by atoms with Crippen molar-refractivity contribution in [2.75, 3.05) is 14.2 Å². The normalized spacial score (nSPS) is 11.1. The minimum Gasteiger partial charge on any atom is -0.494 e. The first-order chi connectivity index (χ1) is 12.0. The number of aromatic nitrogens is 2. The van der Waals surface area contributed by atoms with Gasteiger partial charge in [-0.2, -0.15) is 0 Å². The second kappa shape index (κ2) is 7.40. The summed E-state index contributed by atoms with van der Waals surface area (Å²) in [5.74, 6) is 0.252. The number of halogens is 2. The molecule has 2 aromatic carbocycles. The van der Waals surface area contributed by atoms with Gasteiger partial charge < -0.3 is 9.15 Å². The van der Waals surface area contributed by atoms with Crippen LogP contribution in [0.1, 0.15) is 11.5 Å². The maximum absolute atomic E-state index is 13.7. The van der Waals surface area contributed by atoms with Crippen LogP contribution in [0.5, 0.6) is 5.75 Å². The van der Waals surface area contributed by atoms with Crippen molar-refractivity contribution >= 4 is 0 Å². The number of ether oxygens (including phenoxy) is 1. The molecule has 0 radical (unpaired) electrons. The van der Waals surface area contributed by atoms with Crippen LogP contribution in [0.25, 0.3) is 11.5 Å². The number of nitrogens with zero attached hydrogens (tertiary/aromatic N) is 3. The molecule has 1 aromatic heterocycles. The average molecular weight is 345 g/mol. The molecule has 0 fully saturated rings. The minimum atomic E-state index is -0.398. The molecule has 3 rings (SSSR count). The molecule has 0 aliphatic heterocycles. The molecule has 1 heterocycles. The molecule has 0 spiro atoms. The molecular formula is C18H17F2N3O2. The molecule has 130 valence electrons. The van der Waals surface area contributed by atoms with Crippen molar-refractivity contribution in [1.29, 1.82) is 0 Å². The third kappa shape index (κ3) is 4.19. The van der Waals surface area contributed by atoms with Crippen LogP contribution in [0.4, 0.5) is 8.78 Å². The van der Waals surface area contributed by atoms with Gasteiger partial charge in [-0.3, -0.25) is 4.90 Å². The summed E-state index contributed by atoms with van der Waals surface area (Å²) in [6.07, 6.45) is 0. The van der Waals surface area contributed by atoms with E-state index in [0.29, 0.717) is 30.4 Å². The van der Waals surface area contributed by atoms with E-state index in [1.165, 1.54) is 25.3 Å². The van der Waals surface area contributed by atoms with Crippen LogP contribution in [-0.4, -0.2) is 29.3 Å². The van der Waals surface area contributed by atoms with Crippen molar-refractivity contribution in [2.45, 2.75) is 13.1 Å². The maximum atomic E-state index is 13.7. The predicted molar refractivity (Wildman–Crippen MR) is 87.8 cm³/mol. The van der Waals surface area contributed by atoms with E-state index < -0.39 is 5.82 Å².